The van der Waals surface area contributed by atoms with Crippen LogP contribution in [0.1, 0.15) is 19.8 Å². The number of benzene rings is 1. The molecule has 3 aromatic heterocycles. The Morgan fingerprint density at radius 1 is 1.05 bits per heavy atom. The maximum Gasteiger partial charge on any atom is 0.213 e. The van der Waals surface area contributed by atoms with Gasteiger partial charge in [0.2, 0.25) is 5.88 Å². The molecule has 1 aliphatic heterocycles. The lowest BCUT2D eigenvalue weighted by Crippen LogP contribution is -2.28. The van der Waals surface area contributed by atoms with Crippen LogP contribution >= 0.6 is 0 Å². The first kappa shape index (κ1) is 24.9. The van der Waals surface area contributed by atoms with Crippen LogP contribution in [0.2, 0.25) is 0 Å². The fraction of sp³-hybridized carbons (Fsp3) is 0.360. The molecule has 4 aromatic rings. The fourth-order valence-electron chi connectivity index (χ4n) is 4.18. The average molecular weight is 525 g/mol. The molecule has 1 saturated heterocycles. The standard InChI is InChI=1S/C25H28N6O5S/c1-4-36-21-10-5-7-17(27-21)24-29-23-25(31(24)22-18(33-2)8-6-9-19(22)34-3)28-20(15-26-23)30-37(32)16-11-13-35-14-12-16/h5-10,15-16H,4,11-14H2,1-3H3,(H,28,30). The van der Waals surface area contributed by atoms with E-state index in [1.54, 1.807) is 24.9 Å². The van der Waals surface area contributed by atoms with E-state index in [2.05, 4.69) is 14.7 Å². The van der Waals surface area contributed by atoms with Gasteiger partial charge in [-0.2, -0.15) is 0 Å². The van der Waals surface area contributed by atoms with Gasteiger partial charge in [0.1, 0.15) is 33.9 Å². The highest BCUT2D eigenvalue weighted by atomic mass is 32.2. The Hall–Kier alpha value is -3.77. The van der Waals surface area contributed by atoms with Crippen molar-refractivity contribution in [2.45, 2.75) is 25.0 Å². The molecule has 0 radical (unpaired) electrons. The number of nitrogens with zero attached hydrogens (tertiary/aromatic N) is 5. The van der Waals surface area contributed by atoms with Crippen LogP contribution in [0.3, 0.4) is 0 Å². The Balaban J connectivity index is 1.68. The molecule has 5 rings (SSSR count). The van der Waals surface area contributed by atoms with Crippen LogP contribution in [0, 0.1) is 0 Å². The predicted octanol–water partition coefficient (Wildman–Crippen LogP) is 3.55. The van der Waals surface area contributed by atoms with E-state index in [4.69, 9.17) is 28.9 Å². The summed E-state index contributed by atoms with van der Waals surface area (Å²) in [7, 11) is 1.83. The van der Waals surface area contributed by atoms with Gasteiger partial charge in [-0.15, -0.1) is 0 Å². The number of anilines is 1. The molecule has 194 valence electrons. The Bertz CT molecular complexity index is 1400. The van der Waals surface area contributed by atoms with E-state index in [9.17, 15) is 4.21 Å². The molecular weight excluding hydrogens is 496 g/mol. The zero-order valence-electron chi connectivity index (χ0n) is 20.8. The molecular formula is C25H28N6O5S. The molecule has 0 saturated carbocycles. The number of hydrogen-bond donors (Lipinski definition) is 1. The van der Waals surface area contributed by atoms with E-state index in [-0.39, 0.29) is 5.25 Å². The Morgan fingerprint density at radius 3 is 2.49 bits per heavy atom. The first-order chi connectivity index (χ1) is 18.1. The lowest BCUT2D eigenvalue weighted by Gasteiger charge is -2.21. The number of methoxy groups -OCH3 is 2. The molecule has 4 heterocycles. The summed E-state index contributed by atoms with van der Waals surface area (Å²) in [5.74, 6) is 2.41. The second-order valence-corrected chi connectivity index (χ2v) is 9.66. The van der Waals surface area contributed by atoms with Gasteiger partial charge in [-0.3, -0.25) is 9.29 Å². The van der Waals surface area contributed by atoms with Gasteiger partial charge in [-0.1, -0.05) is 12.1 Å². The molecule has 1 aliphatic rings. The van der Waals surface area contributed by atoms with Crippen LogP contribution in [0.5, 0.6) is 17.4 Å². The summed E-state index contributed by atoms with van der Waals surface area (Å²) in [6.07, 6.45) is 2.97. The fourth-order valence-corrected chi connectivity index (χ4v) is 5.27. The van der Waals surface area contributed by atoms with E-state index < -0.39 is 11.0 Å². The topological polar surface area (TPSA) is 123 Å². The van der Waals surface area contributed by atoms with Crippen LogP contribution in [0.25, 0.3) is 28.5 Å². The van der Waals surface area contributed by atoms with Gasteiger partial charge in [-0.25, -0.2) is 24.1 Å². The summed E-state index contributed by atoms with van der Waals surface area (Å²) in [6.45, 7) is 3.58. The molecule has 1 unspecified atom stereocenters. The van der Waals surface area contributed by atoms with Gasteiger partial charge >= 0.3 is 0 Å². The lowest BCUT2D eigenvalue weighted by molar-refractivity contribution is 0.0993. The van der Waals surface area contributed by atoms with Crippen LogP contribution in [-0.4, -0.2) is 68.0 Å². The Kier molecular flexibility index (Phi) is 7.47. The second kappa shape index (κ2) is 11.1. The highest BCUT2D eigenvalue weighted by Gasteiger charge is 2.25. The summed E-state index contributed by atoms with van der Waals surface area (Å²) in [5, 5.41) is -0.0217. The normalized spacial score (nSPS) is 14.9. The van der Waals surface area contributed by atoms with Gasteiger partial charge in [-0.05, 0) is 38.0 Å². The van der Waals surface area contributed by atoms with Crippen molar-refractivity contribution in [3.8, 4) is 34.6 Å². The van der Waals surface area contributed by atoms with Crippen molar-refractivity contribution in [3.05, 3.63) is 42.6 Å². The number of imidazole rings is 1. The van der Waals surface area contributed by atoms with Crippen molar-refractivity contribution in [1.82, 2.24) is 24.5 Å². The highest BCUT2D eigenvalue weighted by molar-refractivity contribution is 7.87. The van der Waals surface area contributed by atoms with Gasteiger partial charge < -0.3 is 18.9 Å². The van der Waals surface area contributed by atoms with Gasteiger partial charge in [0.15, 0.2) is 22.9 Å². The van der Waals surface area contributed by atoms with Gasteiger partial charge in [0.25, 0.3) is 0 Å². The maximum atomic E-state index is 13.0. The van der Waals surface area contributed by atoms with Crippen molar-refractivity contribution in [2.75, 3.05) is 38.8 Å². The third kappa shape index (κ3) is 5.07. The number of para-hydroxylation sites is 1. The average Bonchev–Trinajstić information content (AvgIpc) is 3.31. The summed E-state index contributed by atoms with van der Waals surface area (Å²) in [4.78, 5) is 18.7. The van der Waals surface area contributed by atoms with E-state index in [0.717, 1.165) is 12.8 Å². The van der Waals surface area contributed by atoms with Crippen LogP contribution < -0.4 is 18.9 Å². The number of fused-ring (bicyclic) bond motifs is 1. The van der Waals surface area contributed by atoms with Crippen LogP contribution in [0.15, 0.2) is 42.6 Å². The smallest absolute Gasteiger partial charge is 0.213 e. The molecule has 0 spiro atoms. The number of ether oxygens (including phenoxy) is 4. The number of nitrogens with one attached hydrogen (secondary N) is 1. The van der Waals surface area contributed by atoms with Crippen LogP contribution in [0.4, 0.5) is 5.82 Å². The minimum atomic E-state index is -1.34. The number of aromatic nitrogens is 5. The molecule has 1 fully saturated rings. The monoisotopic (exact) mass is 524 g/mol. The Labute approximate surface area is 216 Å². The summed E-state index contributed by atoms with van der Waals surface area (Å²) in [5.41, 5.74) is 1.95. The number of hydrogen-bond acceptors (Lipinski definition) is 9. The van der Waals surface area contributed by atoms with Crippen LogP contribution in [-0.2, 0) is 15.7 Å². The molecule has 37 heavy (non-hydrogen) atoms. The molecule has 0 bridgehead atoms. The number of pyridine rings is 1. The molecule has 12 heteroatoms. The number of rotatable bonds is 9. The van der Waals surface area contributed by atoms with Gasteiger partial charge in [0, 0.05) is 19.3 Å². The Morgan fingerprint density at radius 2 is 1.78 bits per heavy atom. The summed E-state index contributed by atoms with van der Waals surface area (Å²) in [6, 6.07) is 11.0. The largest absolute Gasteiger partial charge is 0.494 e. The molecule has 1 atom stereocenters. The maximum absolute atomic E-state index is 13.0. The minimum absolute atomic E-state index is 0.0217. The molecule has 0 amide bonds. The lowest BCUT2D eigenvalue weighted by atomic mass is 10.2. The van der Waals surface area contributed by atoms with E-state index in [1.165, 1.54) is 6.20 Å². The predicted molar refractivity (Wildman–Crippen MR) is 140 cm³/mol. The molecule has 1 N–H and O–H groups in total. The quantitative estimate of drug-likeness (QED) is 0.350. The zero-order chi connectivity index (χ0) is 25.8. The van der Waals surface area contributed by atoms with Crippen molar-refractivity contribution in [3.63, 3.8) is 0 Å². The van der Waals surface area contributed by atoms with E-state index >= 15 is 0 Å². The molecule has 11 nitrogen and oxygen atoms in total. The third-order valence-corrected chi connectivity index (χ3v) is 7.40. The van der Waals surface area contributed by atoms with E-state index in [1.807, 2.05) is 37.3 Å². The third-order valence-electron chi connectivity index (χ3n) is 5.92. The summed E-state index contributed by atoms with van der Waals surface area (Å²) < 4.78 is 40.2. The van der Waals surface area contributed by atoms with Crippen molar-refractivity contribution in [2.24, 2.45) is 0 Å². The summed E-state index contributed by atoms with van der Waals surface area (Å²) >= 11 is 0. The zero-order valence-corrected chi connectivity index (χ0v) is 21.7. The first-order valence-corrected chi connectivity index (χ1v) is 13.2. The van der Waals surface area contributed by atoms with Gasteiger partial charge in [0.05, 0.1) is 32.3 Å². The first-order valence-electron chi connectivity index (χ1n) is 11.9. The molecule has 1 aromatic carbocycles. The van der Waals surface area contributed by atoms with Crippen molar-refractivity contribution in [1.29, 1.82) is 0 Å². The van der Waals surface area contributed by atoms with Crippen molar-refractivity contribution >= 4 is 28.1 Å². The minimum Gasteiger partial charge on any atom is -0.494 e. The highest BCUT2D eigenvalue weighted by Crippen LogP contribution is 2.38. The SMILES string of the molecule is CCOc1cccc(-c2nc3ncc(NS(=O)C4CCOCC4)nc3n2-c2c(OC)cccc2OC)n1. The molecule has 0 aliphatic carbocycles. The second-order valence-electron chi connectivity index (χ2n) is 8.19. The van der Waals surface area contributed by atoms with Crippen molar-refractivity contribution < 1.29 is 23.2 Å². The van der Waals surface area contributed by atoms with E-state index in [0.29, 0.717) is 71.5 Å².